The lowest BCUT2D eigenvalue weighted by Gasteiger charge is -2.11. The van der Waals surface area contributed by atoms with Crippen molar-refractivity contribution in [3.05, 3.63) is 44.5 Å². The average Bonchev–Trinajstić information content (AvgIpc) is 2.62. The van der Waals surface area contributed by atoms with Crippen LogP contribution in [0.1, 0.15) is 5.56 Å². The summed E-state index contributed by atoms with van der Waals surface area (Å²) in [6.45, 7) is 1.45. The number of alkyl halides is 3. The number of thioether (sulfide) groups is 1. The lowest BCUT2D eigenvalue weighted by atomic mass is 10.2. The van der Waals surface area contributed by atoms with Crippen LogP contribution in [0.3, 0.4) is 0 Å². The lowest BCUT2D eigenvalue weighted by molar-refractivity contribution is -0.105. The Morgan fingerprint density at radius 2 is 1.91 bits per heavy atom. The van der Waals surface area contributed by atoms with Crippen LogP contribution >= 0.6 is 11.8 Å². The van der Waals surface area contributed by atoms with Gasteiger partial charge in [-0.25, -0.2) is 28.3 Å². The van der Waals surface area contributed by atoms with Crippen molar-refractivity contribution in [1.82, 2.24) is 14.3 Å². The number of nitrogens with zero attached hydrogens (tertiary/aromatic N) is 2. The standard InChI is InChI=1S/C12H11F4N3O2S/c1-6-3-7(13)8(4-9(6)22-5-12(14,15)16)19-10(20)17-18(2)11(19)21/h3-4H,5H2,1-2H3,(H,17,20). The molecule has 0 bridgehead atoms. The van der Waals surface area contributed by atoms with Crippen LogP contribution in [0.25, 0.3) is 5.69 Å². The van der Waals surface area contributed by atoms with Gasteiger partial charge >= 0.3 is 17.6 Å². The van der Waals surface area contributed by atoms with E-state index in [1.165, 1.54) is 14.0 Å². The van der Waals surface area contributed by atoms with Crippen LogP contribution in [0.4, 0.5) is 17.6 Å². The third kappa shape index (κ3) is 3.26. The Kier molecular flexibility index (Phi) is 4.23. The summed E-state index contributed by atoms with van der Waals surface area (Å²) in [6.07, 6.45) is -4.38. The lowest BCUT2D eigenvalue weighted by Crippen LogP contribution is -2.27. The highest BCUT2D eigenvalue weighted by atomic mass is 32.2. The summed E-state index contributed by atoms with van der Waals surface area (Å²) in [6, 6.07) is 2.06. The molecule has 0 aliphatic heterocycles. The van der Waals surface area contributed by atoms with Gasteiger partial charge in [0, 0.05) is 11.9 Å². The van der Waals surface area contributed by atoms with Crippen LogP contribution in [-0.2, 0) is 7.05 Å². The molecule has 1 aromatic heterocycles. The van der Waals surface area contributed by atoms with Crippen molar-refractivity contribution >= 4 is 11.8 Å². The minimum atomic E-state index is -4.38. The van der Waals surface area contributed by atoms with Crippen molar-refractivity contribution in [2.45, 2.75) is 18.0 Å². The van der Waals surface area contributed by atoms with Crippen molar-refractivity contribution in [2.75, 3.05) is 5.75 Å². The fourth-order valence-corrected chi connectivity index (χ4v) is 2.62. The number of aromatic nitrogens is 3. The van der Waals surface area contributed by atoms with Crippen molar-refractivity contribution in [3.63, 3.8) is 0 Å². The molecule has 22 heavy (non-hydrogen) atoms. The maximum absolute atomic E-state index is 14.0. The summed E-state index contributed by atoms with van der Waals surface area (Å²) >= 11 is 0.464. The summed E-state index contributed by atoms with van der Waals surface area (Å²) in [5, 5.41) is 2.15. The van der Waals surface area contributed by atoms with Gasteiger partial charge in [-0.15, -0.1) is 11.8 Å². The topological polar surface area (TPSA) is 59.8 Å². The van der Waals surface area contributed by atoms with Gasteiger partial charge in [0.05, 0.1) is 11.4 Å². The molecular weight excluding hydrogens is 326 g/mol. The zero-order valence-electron chi connectivity index (χ0n) is 11.5. The van der Waals surface area contributed by atoms with Crippen molar-refractivity contribution in [2.24, 2.45) is 7.05 Å². The predicted molar refractivity (Wildman–Crippen MR) is 73.1 cm³/mol. The minimum absolute atomic E-state index is 0.142. The van der Waals surface area contributed by atoms with E-state index >= 15 is 0 Å². The first-order chi connectivity index (χ1) is 10.1. The third-order valence-corrected chi connectivity index (χ3v) is 4.04. The van der Waals surface area contributed by atoms with Crippen molar-refractivity contribution in [3.8, 4) is 5.69 Å². The molecule has 0 saturated carbocycles. The van der Waals surface area contributed by atoms with Gasteiger partial charge in [-0.2, -0.15) is 13.2 Å². The zero-order chi connectivity index (χ0) is 16.7. The first-order valence-corrected chi connectivity index (χ1v) is 6.97. The normalized spacial score (nSPS) is 11.9. The van der Waals surface area contributed by atoms with Crippen LogP contribution in [0.5, 0.6) is 0 Å². The van der Waals surface area contributed by atoms with Gasteiger partial charge in [-0.1, -0.05) is 0 Å². The highest BCUT2D eigenvalue weighted by Gasteiger charge is 2.28. The summed E-state index contributed by atoms with van der Waals surface area (Å²) < 4.78 is 52.3. The monoisotopic (exact) mass is 337 g/mol. The number of halogens is 4. The molecule has 0 atom stereocenters. The number of hydrogen-bond donors (Lipinski definition) is 1. The minimum Gasteiger partial charge on any atom is -0.246 e. The number of hydrogen-bond acceptors (Lipinski definition) is 3. The van der Waals surface area contributed by atoms with Crippen molar-refractivity contribution < 1.29 is 17.6 Å². The molecule has 0 fully saturated rings. The van der Waals surface area contributed by atoms with Crippen LogP contribution in [-0.4, -0.2) is 26.3 Å². The predicted octanol–water partition coefficient (Wildman–Crippen LogP) is 1.97. The number of H-pyrrole nitrogens is 1. The zero-order valence-corrected chi connectivity index (χ0v) is 12.3. The van der Waals surface area contributed by atoms with E-state index < -0.39 is 29.1 Å². The number of benzene rings is 1. The molecule has 0 aliphatic rings. The molecule has 10 heteroatoms. The number of aryl methyl sites for hydroxylation is 2. The molecular formula is C12H11F4N3O2S. The molecule has 5 nitrogen and oxygen atoms in total. The van der Waals surface area contributed by atoms with Gasteiger partial charge in [0.2, 0.25) is 0 Å². The Balaban J connectivity index is 2.53. The van der Waals surface area contributed by atoms with Gasteiger partial charge in [0.1, 0.15) is 5.82 Å². The van der Waals surface area contributed by atoms with E-state index in [-0.39, 0.29) is 16.1 Å². The van der Waals surface area contributed by atoms with E-state index in [1.54, 1.807) is 0 Å². The molecule has 2 rings (SSSR count). The highest BCUT2D eigenvalue weighted by Crippen LogP contribution is 2.31. The number of rotatable bonds is 3. The third-order valence-electron chi connectivity index (χ3n) is 2.82. The van der Waals surface area contributed by atoms with Crippen LogP contribution in [0, 0.1) is 12.7 Å². The molecule has 0 spiro atoms. The first kappa shape index (κ1) is 16.4. The van der Waals surface area contributed by atoms with Gasteiger partial charge < -0.3 is 0 Å². The molecule has 0 aliphatic carbocycles. The van der Waals surface area contributed by atoms with Crippen LogP contribution in [0.15, 0.2) is 26.6 Å². The Hall–Kier alpha value is -1.97. The molecule has 120 valence electrons. The van der Waals surface area contributed by atoms with Gasteiger partial charge in [0.15, 0.2) is 0 Å². The highest BCUT2D eigenvalue weighted by molar-refractivity contribution is 7.99. The smallest absolute Gasteiger partial charge is 0.246 e. The summed E-state index contributed by atoms with van der Waals surface area (Å²) in [7, 11) is 1.27. The second-order valence-corrected chi connectivity index (χ2v) is 5.58. The number of nitrogens with one attached hydrogen (secondary N) is 1. The maximum Gasteiger partial charge on any atom is 0.398 e. The van der Waals surface area contributed by atoms with E-state index in [4.69, 9.17) is 0 Å². The summed E-state index contributed by atoms with van der Waals surface area (Å²) in [5.41, 5.74) is -1.79. The molecule has 2 aromatic rings. The molecule has 0 amide bonds. The fraction of sp³-hybridized carbons (Fsp3) is 0.333. The number of aromatic amines is 1. The SMILES string of the molecule is Cc1cc(F)c(-n2c(=O)[nH]n(C)c2=O)cc1SCC(F)(F)F. The van der Waals surface area contributed by atoms with Gasteiger partial charge in [-0.3, -0.25) is 0 Å². The molecule has 1 N–H and O–H groups in total. The molecule has 0 radical (unpaired) electrons. The van der Waals surface area contributed by atoms with E-state index in [2.05, 4.69) is 5.10 Å². The summed E-state index contributed by atoms with van der Waals surface area (Å²) in [4.78, 5) is 23.6. The van der Waals surface area contributed by atoms with Gasteiger partial charge in [0.25, 0.3) is 0 Å². The van der Waals surface area contributed by atoms with E-state index in [1.807, 2.05) is 0 Å². The summed E-state index contributed by atoms with van der Waals surface area (Å²) in [5.74, 6) is -2.02. The second kappa shape index (κ2) is 5.67. The molecule has 0 unspecified atom stereocenters. The van der Waals surface area contributed by atoms with Crippen LogP contribution in [0.2, 0.25) is 0 Å². The largest absolute Gasteiger partial charge is 0.398 e. The van der Waals surface area contributed by atoms with E-state index in [0.717, 1.165) is 16.8 Å². The van der Waals surface area contributed by atoms with Gasteiger partial charge in [-0.05, 0) is 24.6 Å². The Morgan fingerprint density at radius 3 is 2.41 bits per heavy atom. The average molecular weight is 337 g/mol. The second-order valence-electron chi connectivity index (χ2n) is 4.57. The Bertz CT molecular complexity index is 819. The first-order valence-electron chi connectivity index (χ1n) is 5.98. The van der Waals surface area contributed by atoms with Crippen molar-refractivity contribution in [1.29, 1.82) is 0 Å². The molecule has 0 saturated heterocycles. The van der Waals surface area contributed by atoms with E-state index in [0.29, 0.717) is 16.3 Å². The maximum atomic E-state index is 14.0. The quantitative estimate of drug-likeness (QED) is 0.688. The molecule has 1 aromatic carbocycles. The molecule has 1 heterocycles. The fourth-order valence-electron chi connectivity index (χ4n) is 1.82. The Labute approximate surface area is 125 Å². The van der Waals surface area contributed by atoms with E-state index in [9.17, 15) is 27.2 Å². The van der Waals surface area contributed by atoms with Crippen LogP contribution < -0.4 is 11.4 Å². The Morgan fingerprint density at radius 1 is 1.27 bits per heavy atom.